The van der Waals surface area contributed by atoms with Crippen LogP contribution >= 0.6 is 0 Å². The van der Waals surface area contributed by atoms with E-state index in [4.69, 9.17) is 0 Å². The Bertz CT molecular complexity index is 644. The second-order valence-corrected chi connectivity index (χ2v) is 6.84. The predicted octanol–water partition coefficient (Wildman–Crippen LogP) is 2.19. The number of nitrogens with zero attached hydrogens (tertiary/aromatic N) is 5. The Labute approximate surface area is 159 Å². The van der Waals surface area contributed by atoms with Gasteiger partial charge in [0.2, 0.25) is 0 Å². The van der Waals surface area contributed by atoms with Crippen molar-refractivity contribution in [3.63, 3.8) is 0 Å². The van der Waals surface area contributed by atoms with E-state index in [1.807, 2.05) is 16.6 Å². The van der Waals surface area contributed by atoms with Crippen LogP contribution in [0.25, 0.3) is 0 Å². The molecule has 1 aliphatic heterocycles. The molecule has 2 rings (SSSR count). The lowest BCUT2D eigenvalue weighted by molar-refractivity contribution is -0.181. The van der Waals surface area contributed by atoms with Gasteiger partial charge in [-0.05, 0) is 19.8 Å². The lowest BCUT2D eigenvalue weighted by Gasteiger charge is -2.39. The minimum atomic E-state index is -4.19. The molecule has 0 bridgehead atoms. The van der Waals surface area contributed by atoms with Gasteiger partial charge in [-0.2, -0.15) is 18.3 Å². The van der Waals surface area contributed by atoms with Gasteiger partial charge in [-0.25, -0.2) is 0 Å². The molecule has 1 fully saturated rings. The Hall–Kier alpha value is -1.77. The van der Waals surface area contributed by atoms with E-state index in [0.29, 0.717) is 32.7 Å². The topological polar surface area (TPSA) is 48.7 Å². The molecule has 6 nitrogen and oxygen atoms in total. The number of halogens is 3. The van der Waals surface area contributed by atoms with Crippen LogP contribution < -0.4 is 5.32 Å². The normalized spacial score (nSPS) is 18.1. The van der Waals surface area contributed by atoms with E-state index in [-0.39, 0.29) is 0 Å². The van der Waals surface area contributed by atoms with E-state index < -0.39 is 12.2 Å². The SMILES string of the molecule is CCc1nn(C)c(CC)c1CNC(=NC)N1CCN(C(C)C(F)(F)F)CC1. The fourth-order valence-corrected chi connectivity index (χ4v) is 3.62. The van der Waals surface area contributed by atoms with E-state index >= 15 is 0 Å². The van der Waals surface area contributed by atoms with Crippen molar-refractivity contribution in [3.05, 3.63) is 17.0 Å². The maximum Gasteiger partial charge on any atom is 0.403 e. The van der Waals surface area contributed by atoms with Crippen molar-refractivity contribution in [2.24, 2.45) is 12.0 Å². The summed E-state index contributed by atoms with van der Waals surface area (Å²) in [6, 6.07) is -1.41. The number of aromatic nitrogens is 2. The highest BCUT2D eigenvalue weighted by molar-refractivity contribution is 5.80. The number of piperazine rings is 1. The molecule has 1 atom stereocenters. The zero-order chi connectivity index (χ0) is 20.2. The quantitative estimate of drug-likeness (QED) is 0.621. The molecule has 0 radical (unpaired) electrons. The summed E-state index contributed by atoms with van der Waals surface area (Å²) in [5.74, 6) is 0.724. The minimum absolute atomic E-state index is 0.370. The van der Waals surface area contributed by atoms with Gasteiger partial charge in [0, 0.05) is 58.1 Å². The summed E-state index contributed by atoms with van der Waals surface area (Å²) in [5, 5.41) is 7.95. The third-order valence-corrected chi connectivity index (χ3v) is 5.30. The molecule has 0 aromatic carbocycles. The van der Waals surface area contributed by atoms with Gasteiger partial charge in [0.15, 0.2) is 5.96 Å². The van der Waals surface area contributed by atoms with Gasteiger partial charge in [-0.15, -0.1) is 0 Å². The van der Waals surface area contributed by atoms with Gasteiger partial charge in [0.1, 0.15) is 6.04 Å². The molecular weight excluding hydrogens is 357 g/mol. The standard InChI is InChI=1S/C18H31F3N6/c1-6-15-14(16(7-2)25(5)24-15)12-23-17(22-4)27-10-8-26(9-11-27)13(3)18(19,20)21/h13H,6-12H2,1-5H3,(H,22,23). The van der Waals surface area contributed by atoms with E-state index in [1.165, 1.54) is 23.1 Å². The molecule has 1 aromatic rings. The van der Waals surface area contributed by atoms with Gasteiger partial charge in [-0.3, -0.25) is 14.6 Å². The molecule has 154 valence electrons. The second kappa shape index (κ2) is 8.95. The second-order valence-electron chi connectivity index (χ2n) is 6.84. The molecule has 27 heavy (non-hydrogen) atoms. The number of alkyl halides is 3. The van der Waals surface area contributed by atoms with Gasteiger partial charge < -0.3 is 10.2 Å². The smallest absolute Gasteiger partial charge is 0.352 e. The van der Waals surface area contributed by atoms with Crippen LogP contribution in [-0.4, -0.2) is 71.0 Å². The van der Waals surface area contributed by atoms with Crippen molar-refractivity contribution in [1.82, 2.24) is 24.9 Å². The van der Waals surface area contributed by atoms with Gasteiger partial charge in [0.05, 0.1) is 5.69 Å². The highest BCUT2D eigenvalue weighted by atomic mass is 19.4. The predicted molar refractivity (Wildman–Crippen MR) is 101 cm³/mol. The van der Waals surface area contributed by atoms with Gasteiger partial charge in [-0.1, -0.05) is 13.8 Å². The van der Waals surface area contributed by atoms with Crippen LogP contribution in [0.3, 0.4) is 0 Å². The molecule has 1 saturated heterocycles. The van der Waals surface area contributed by atoms with Crippen molar-refractivity contribution in [3.8, 4) is 0 Å². The summed E-state index contributed by atoms with van der Waals surface area (Å²) >= 11 is 0. The highest BCUT2D eigenvalue weighted by Gasteiger charge is 2.41. The average molecular weight is 388 g/mol. The van der Waals surface area contributed by atoms with E-state index in [9.17, 15) is 13.2 Å². The lowest BCUT2D eigenvalue weighted by Crippen LogP contribution is -2.56. The largest absolute Gasteiger partial charge is 0.403 e. The Kier molecular flexibility index (Phi) is 7.13. The molecule has 9 heteroatoms. The van der Waals surface area contributed by atoms with Crippen molar-refractivity contribution in [2.45, 2.75) is 52.4 Å². The fourth-order valence-electron chi connectivity index (χ4n) is 3.62. The summed E-state index contributed by atoms with van der Waals surface area (Å²) < 4.78 is 40.7. The van der Waals surface area contributed by atoms with Crippen LogP contribution in [0.5, 0.6) is 0 Å². The molecule has 1 N–H and O–H groups in total. The zero-order valence-electron chi connectivity index (χ0n) is 16.9. The van der Waals surface area contributed by atoms with Gasteiger partial charge in [0.25, 0.3) is 0 Å². The van der Waals surface area contributed by atoms with Crippen molar-refractivity contribution in [2.75, 3.05) is 33.2 Å². The van der Waals surface area contributed by atoms with E-state index in [0.717, 1.165) is 24.5 Å². The van der Waals surface area contributed by atoms with Crippen molar-refractivity contribution in [1.29, 1.82) is 0 Å². The van der Waals surface area contributed by atoms with Crippen molar-refractivity contribution >= 4 is 5.96 Å². The third kappa shape index (κ3) is 4.94. The zero-order valence-corrected chi connectivity index (χ0v) is 16.9. The lowest BCUT2D eigenvalue weighted by atomic mass is 10.1. The number of aliphatic imine (C=N–C) groups is 1. The first kappa shape index (κ1) is 21.5. The number of rotatable bonds is 5. The van der Waals surface area contributed by atoms with E-state index in [2.05, 4.69) is 29.3 Å². The molecule has 2 heterocycles. The number of hydrogen-bond acceptors (Lipinski definition) is 3. The van der Waals surface area contributed by atoms with Crippen LogP contribution in [0.4, 0.5) is 13.2 Å². The van der Waals surface area contributed by atoms with E-state index in [1.54, 1.807) is 7.05 Å². The molecule has 1 unspecified atom stereocenters. The molecule has 0 spiro atoms. The first-order valence-electron chi connectivity index (χ1n) is 9.52. The molecule has 0 amide bonds. The minimum Gasteiger partial charge on any atom is -0.352 e. The number of aryl methyl sites for hydroxylation is 2. The molecule has 1 aliphatic rings. The third-order valence-electron chi connectivity index (χ3n) is 5.30. The molecular formula is C18H31F3N6. The highest BCUT2D eigenvalue weighted by Crippen LogP contribution is 2.25. The average Bonchev–Trinajstić information content (AvgIpc) is 2.96. The van der Waals surface area contributed by atoms with Crippen LogP contribution in [-0.2, 0) is 26.4 Å². The Morgan fingerprint density at radius 3 is 2.30 bits per heavy atom. The Balaban J connectivity index is 1.98. The summed E-state index contributed by atoms with van der Waals surface area (Å²) in [6.07, 6.45) is -2.43. The summed E-state index contributed by atoms with van der Waals surface area (Å²) in [5.41, 5.74) is 3.45. The summed E-state index contributed by atoms with van der Waals surface area (Å²) in [4.78, 5) is 7.83. The maximum absolute atomic E-state index is 12.9. The first-order valence-corrected chi connectivity index (χ1v) is 9.52. The number of hydrogen-bond donors (Lipinski definition) is 1. The van der Waals surface area contributed by atoms with Crippen LogP contribution in [0.15, 0.2) is 4.99 Å². The number of nitrogens with one attached hydrogen (secondary N) is 1. The molecule has 1 aromatic heterocycles. The molecule has 0 saturated carbocycles. The number of guanidine groups is 1. The monoisotopic (exact) mass is 388 g/mol. The summed E-state index contributed by atoms with van der Waals surface area (Å²) in [6.45, 7) is 7.82. The fraction of sp³-hybridized carbons (Fsp3) is 0.778. The van der Waals surface area contributed by atoms with Crippen LogP contribution in [0.1, 0.15) is 37.7 Å². The first-order chi connectivity index (χ1) is 12.7. The van der Waals surface area contributed by atoms with Crippen LogP contribution in [0, 0.1) is 0 Å². The Morgan fingerprint density at radius 1 is 1.19 bits per heavy atom. The summed E-state index contributed by atoms with van der Waals surface area (Å²) in [7, 11) is 3.66. The maximum atomic E-state index is 12.9. The van der Waals surface area contributed by atoms with Crippen molar-refractivity contribution < 1.29 is 13.2 Å². The molecule has 0 aliphatic carbocycles. The van der Waals surface area contributed by atoms with Crippen LogP contribution in [0.2, 0.25) is 0 Å². The Morgan fingerprint density at radius 2 is 1.81 bits per heavy atom. The van der Waals surface area contributed by atoms with Gasteiger partial charge >= 0.3 is 6.18 Å².